The molecule has 0 saturated heterocycles. The zero-order valence-electron chi connectivity index (χ0n) is 13.9. The number of methoxy groups -OCH3 is 1. The number of allylic oxidation sites excluding steroid dienone is 1. The van der Waals surface area contributed by atoms with Crippen LogP contribution in [-0.4, -0.2) is 28.7 Å². The number of ether oxygens (including phenoxy) is 1. The largest absolute Gasteiger partial charge is 0.469 e. The summed E-state index contributed by atoms with van der Waals surface area (Å²) < 4.78 is 6.47. The maximum atomic E-state index is 11.3. The lowest BCUT2D eigenvalue weighted by Gasteiger charge is -2.09. The Kier molecular flexibility index (Phi) is 5.46. The molecule has 0 spiro atoms. The Morgan fingerprint density at radius 1 is 1.30 bits per heavy atom. The number of aliphatic imine (C=N–C) groups is 1. The molecule has 0 fully saturated rings. The normalized spacial score (nSPS) is 12.3. The van der Waals surface area contributed by atoms with E-state index in [0.29, 0.717) is 0 Å². The number of benzene rings is 1. The average molecular weight is 311 g/mol. The van der Waals surface area contributed by atoms with Gasteiger partial charge in [-0.15, -0.1) is 0 Å². The molecule has 5 nitrogen and oxygen atoms in total. The first-order valence-corrected chi connectivity index (χ1v) is 7.42. The van der Waals surface area contributed by atoms with Crippen LogP contribution in [0.5, 0.6) is 0 Å². The van der Waals surface area contributed by atoms with Gasteiger partial charge >= 0.3 is 5.97 Å². The Morgan fingerprint density at radius 2 is 2.00 bits per heavy atom. The van der Waals surface area contributed by atoms with Crippen molar-refractivity contribution in [3.8, 4) is 0 Å². The highest BCUT2D eigenvalue weighted by Gasteiger charge is 2.11. The summed E-state index contributed by atoms with van der Waals surface area (Å²) in [6.45, 7) is 5.80. The van der Waals surface area contributed by atoms with E-state index in [1.54, 1.807) is 6.08 Å². The van der Waals surface area contributed by atoms with Gasteiger partial charge in [0.1, 0.15) is 0 Å². The van der Waals surface area contributed by atoms with Crippen LogP contribution in [0, 0.1) is 13.8 Å². The van der Waals surface area contributed by atoms with E-state index in [0.717, 1.165) is 28.5 Å². The maximum absolute atomic E-state index is 11.3. The molecule has 0 saturated carbocycles. The third kappa shape index (κ3) is 4.39. The van der Waals surface area contributed by atoms with Crippen LogP contribution >= 0.6 is 0 Å². The zero-order valence-corrected chi connectivity index (χ0v) is 13.9. The predicted octanol–water partition coefficient (Wildman–Crippen LogP) is 3.26. The van der Waals surface area contributed by atoms with Gasteiger partial charge < -0.3 is 4.74 Å². The van der Waals surface area contributed by atoms with Gasteiger partial charge in [0.2, 0.25) is 0 Å². The molecule has 23 heavy (non-hydrogen) atoms. The van der Waals surface area contributed by atoms with Gasteiger partial charge in [-0.05, 0) is 26.8 Å². The fraction of sp³-hybridized carbons (Fsp3) is 0.278. The second kappa shape index (κ2) is 7.54. The van der Waals surface area contributed by atoms with E-state index < -0.39 is 0 Å². The highest BCUT2D eigenvalue weighted by molar-refractivity contribution is 6.00. The molecule has 0 aliphatic rings. The Bertz CT molecular complexity index is 743. The molecule has 0 aliphatic carbocycles. The molecule has 0 N–H and O–H groups in total. The minimum Gasteiger partial charge on any atom is -0.469 e. The molecule has 0 radical (unpaired) electrons. The van der Waals surface area contributed by atoms with Gasteiger partial charge in [0.15, 0.2) is 5.84 Å². The van der Waals surface area contributed by atoms with Gasteiger partial charge in [0.25, 0.3) is 0 Å². The number of carbonyl (C=O) groups excluding carboxylic acids is 1. The highest BCUT2D eigenvalue weighted by atomic mass is 16.5. The maximum Gasteiger partial charge on any atom is 0.309 e. The lowest BCUT2D eigenvalue weighted by molar-refractivity contribution is -0.139. The molecule has 1 heterocycles. The van der Waals surface area contributed by atoms with Crippen LogP contribution in [0.1, 0.15) is 30.3 Å². The van der Waals surface area contributed by atoms with E-state index in [1.165, 1.54) is 7.11 Å². The van der Waals surface area contributed by atoms with E-state index in [4.69, 9.17) is 0 Å². The fourth-order valence-electron chi connectivity index (χ4n) is 2.19. The lowest BCUT2D eigenvalue weighted by atomic mass is 10.2. The van der Waals surface area contributed by atoms with Crippen LogP contribution in [0.2, 0.25) is 0 Å². The monoisotopic (exact) mass is 311 g/mol. The van der Waals surface area contributed by atoms with Crippen LogP contribution in [0.3, 0.4) is 0 Å². The number of carbonyl (C=O) groups is 1. The highest BCUT2D eigenvalue weighted by Crippen LogP contribution is 2.11. The van der Waals surface area contributed by atoms with Gasteiger partial charge in [0, 0.05) is 17.0 Å². The van der Waals surface area contributed by atoms with Crippen LogP contribution < -0.4 is 0 Å². The number of aromatic nitrogens is 2. The SMILES string of the molecule is COC(=O)C/C=C(/C)N=C(c1ccccc1)n1nc(C)cc1C. The molecule has 0 bridgehead atoms. The quantitative estimate of drug-likeness (QED) is 0.495. The van der Waals surface area contributed by atoms with Crippen molar-refractivity contribution in [1.82, 2.24) is 9.78 Å². The first-order chi connectivity index (χ1) is 11.0. The third-order valence-electron chi connectivity index (χ3n) is 3.32. The Morgan fingerprint density at radius 3 is 2.57 bits per heavy atom. The second-order valence-corrected chi connectivity index (χ2v) is 5.27. The number of hydrogen-bond donors (Lipinski definition) is 0. The molecule has 1 aromatic heterocycles. The minimum atomic E-state index is -0.285. The predicted molar refractivity (Wildman–Crippen MR) is 90.5 cm³/mol. The van der Waals surface area contributed by atoms with Crippen LogP contribution in [0.4, 0.5) is 0 Å². The van der Waals surface area contributed by atoms with Gasteiger partial charge in [0.05, 0.1) is 19.2 Å². The number of aryl methyl sites for hydroxylation is 2. The van der Waals surface area contributed by atoms with E-state index >= 15 is 0 Å². The smallest absolute Gasteiger partial charge is 0.309 e. The Balaban J connectivity index is 2.44. The Labute approximate surface area is 136 Å². The number of nitrogens with zero attached hydrogens (tertiary/aromatic N) is 3. The molecule has 5 heteroatoms. The van der Waals surface area contributed by atoms with Crippen molar-refractivity contribution in [2.75, 3.05) is 7.11 Å². The van der Waals surface area contributed by atoms with Crippen molar-refractivity contribution in [2.45, 2.75) is 27.2 Å². The summed E-state index contributed by atoms with van der Waals surface area (Å²) in [5, 5.41) is 4.52. The van der Waals surface area contributed by atoms with Crippen LogP contribution in [0.25, 0.3) is 0 Å². The number of rotatable bonds is 4. The average Bonchev–Trinajstić information content (AvgIpc) is 2.89. The van der Waals surface area contributed by atoms with Gasteiger partial charge in [-0.1, -0.05) is 36.4 Å². The van der Waals surface area contributed by atoms with Crippen LogP contribution in [0.15, 0.2) is 53.2 Å². The molecular formula is C18H21N3O2. The van der Waals surface area contributed by atoms with Crippen molar-refractivity contribution in [1.29, 1.82) is 0 Å². The van der Waals surface area contributed by atoms with Gasteiger partial charge in [-0.25, -0.2) is 9.67 Å². The molecule has 1 aromatic carbocycles. The van der Waals surface area contributed by atoms with Crippen molar-refractivity contribution < 1.29 is 9.53 Å². The van der Waals surface area contributed by atoms with Crippen molar-refractivity contribution in [2.24, 2.45) is 4.99 Å². The van der Waals surface area contributed by atoms with Crippen LogP contribution in [-0.2, 0) is 9.53 Å². The first-order valence-electron chi connectivity index (χ1n) is 7.42. The zero-order chi connectivity index (χ0) is 16.8. The molecule has 2 rings (SSSR count). The minimum absolute atomic E-state index is 0.199. The number of hydrogen-bond acceptors (Lipinski definition) is 4. The van der Waals surface area contributed by atoms with E-state index in [2.05, 4.69) is 14.8 Å². The first kappa shape index (κ1) is 16.7. The van der Waals surface area contributed by atoms with E-state index in [-0.39, 0.29) is 12.4 Å². The van der Waals surface area contributed by atoms with E-state index in [9.17, 15) is 4.79 Å². The lowest BCUT2D eigenvalue weighted by Crippen LogP contribution is -2.17. The second-order valence-electron chi connectivity index (χ2n) is 5.27. The summed E-state index contributed by atoms with van der Waals surface area (Å²) in [6, 6.07) is 11.9. The topological polar surface area (TPSA) is 56.5 Å². The van der Waals surface area contributed by atoms with Gasteiger partial charge in [-0.3, -0.25) is 4.79 Å². The van der Waals surface area contributed by atoms with Crippen molar-refractivity contribution in [3.63, 3.8) is 0 Å². The van der Waals surface area contributed by atoms with Crippen molar-refractivity contribution in [3.05, 3.63) is 65.1 Å². The standard InChI is InChI=1S/C18H21N3O2/c1-13(10-11-17(22)23-4)19-18(16-8-6-5-7-9-16)21-15(3)12-14(2)20-21/h5-10,12H,11H2,1-4H3/b13-10-,19-18?. The molecule has 2 aromatic rings. The third-order valence-corrected chi connectivity index (χ3v) is 3.32. The van der Waals surface area contributed by atoms with Crippen molar-refractivity contribution >= 4 is 11.8 Å². The number of esters is 1. The molecular weight excluding hydrogens is 290 g/mol. The molecule has 0 amide bonds. The van der Waals surface area contributed by atoms with Gasteiger partial charge in [-0.2, -0.15) is 5.10 Å². The summed E-state index contributed by atoms with van der Waals surface area (Å²) in [6.07, 6.45) is 1.95. The Hall–Kier alpha value is -2.69. The molecule has 120 valence electrons. The summed E-state index contributed by atoms with van der Waals surface area (Å²) in [5.41, 5.74) is 3.64. The summed E-state index contributed by atoms with van der Waals surface area (Å²) in [5.74, 6) is 0.446. The summed E-state index contributed by atoms with van der Waals surface area (Å²) >= 11 is 0. The van der Waals surface area contributed by atoms with E-state index in [1.807, 2.05) is 61.9 Å². The molecule has 0 atom stereocenters. The molecule has 0 unspecified atom stereocenters. The summed E-state index contributed by atoms with van der Waals surface area (Å²) in [7, 11) is 1.38. The fourth-order valence-corrected chi connectivity index (χ4v) is 2.19. The summed E-state index contributed by atoms with van der Waals surface area (Å²) in [4.78, 5) is 15.9. The molecule has 0 aliphatic heterocycles.